The molecule has 1 N–H and O–H groups in total. The van der Waals surface area contributed by atoms with Gasteiger partial charge in [0.15, 0.2) is 11.6 Å². The summed E-state index contributed by atoms with van der Waals surface area (Å²) in [6.45, 7) is 8.41. The predicted molar refractivity (Wildman–Crippen MR) is 107 cm³/mol. The average molecular weight is 398 g/mol. The van der Waals surface area contributed by atoms with E-state index in [1.807, 2.05) is 12.2 Å². The second-order valence-corrected chi connectivity index (χ2v) is 10.1. The Morgan fingerprint density at radius 1 is 1.33 bits per heavy atom. The third-order valence-electron chi connectivity index (χ3n) is 4.47. The van der Waals surface area contributed by atoms with Crippen molar-refractivity contribution in [2.75, 3.05) is 6.61 Å². The van der Waals surface area contributed by atoms with Crippen LogP contribution >= 0.6 is 0 Å². The van der Waals surface area contributed by atoms with Crippen molar-refractivity contribution in [2.24, 2.45) is 11.8 Å². The molecule has 0 spiro atoms. The van der Waals surface area contributed by atoms with Gasteiger partial charge in [-0.25, -0.2) is 17.5 Å². The minimum absolute atomic E-state index is 0.00758. The maximum atomic E-state index is 13.9. The minimum Gasteiger partial charge on any atom is -0.490 e. The van der Waals surface area contributed by atoms with Gasteiger partial charge in [-0.3, -0.25) is 0 Å². The number of hydrogen-bond donors (Lipinski definition) is 1. The van der Waals surface area contributed by atoms with Gasteiger partial charge in [-0.2, -0.15) is 0 Å². The van der Waals surface area contributed by atoms with Crippen molar-refractivity contribution in [3.05, 3.63) is 36.2 Å². The molecule has 1 fully saturated rings. The van der Waals surface area contributed by atoms with Gasteiger partial charge in [-0.1, -0.05) is 32.4 Å². The zero-order valence-corrected chi connectivity index (χ0v) is 17.6. The van der Waals surface area contributed by atoms with Crippen molar-refractivity contribution in [1.82, 2.24) is 4.72 Å². The fourth-order valence-electron chi connectivity index (χ4n) is 2.71. The Bertz CT molecular complexity index is 753. The van der Waals surface area contributed by atoms with Crippen LogP contribution in [0.4, 0.5) is 4.39 Å². The van der Waals surface area contributed by atoms with Gasteiger partial charge in [0.05, 0.1) is 11.5 Å². The Balaban J connectivity index is 2.01. The maximum Gasteiger partial charge on any atom is 0.241 e. The molecule has 1 aliphatic carbocycles. The lowest BCUT2D eigenvalue weighted by atomic mass is 10.0. The molecule has 27 heavy (non-hydrogen) atoms. The van der Waals surface area contributed by atoms with Crippen molar-refractivity contribution in [2.45, 2.75) is 70.2 Å². The molecule has 1 saturated carbocycles. The highest BCUT2D eigenvalue weighted by Crippen LogP contribution is 2.31. The summed E-state index contributed by atoms with van der Waals surface area (Å²) in [7, 11) is -3.78. The zero-order valence-electron chi connectivity index (χ0n) is 16.8. The van der Waals surface area contributed by atoms with Crippen LogP contribution in [-0.4, -0.2) is 20.6 Å². The first-order valence-corrected chi connectivity index (χ1v) is 11.2. The fraction of sp³-hybridized carbons (Fsp3) is 0.619. The Labute approximate surface area is 163 Å². The van der Waals surface area contributed by atoms with E-state index in [4.69, 9.17) is 4.74 Å². The van der Waals surface area contributed by atoms with E-state index in [2.05, 4.69) is 18.6 Å². The number of benzene rings is 1. The van der Waals surface area contributed by atoms with E-state index in [1.165, 1.54) is 12.1 Å². The average Bonchev–Trinajstić information content (AvgIpc) is 3.36. The molecular weight excluding hydrogens is 365 g/mol. The molecule has 0 heterocycles. The van der Waals surface area contributed by atoms with Crippen molar-refractivity contribution in [3.63, 3.8) is 0 Å². The summed E-state index contributed by atoms with van der Waals surface area (Å²) < 4.78 is 47.5. The van der Waals surface area contributed by atoms with Gasteiger partial charge < -0.3 is 4.74 Å². The number of ether oxygens (including phenoxy) is 1. The molecule has 0 aromatic heterocycles. The standard InChI is InChI=1S/C21H32FNO3S/c1-16(2)8-6-5-7-13-21(3,4)23-27(24,25)18-11-12-19(22)20(14-18)26-15-17-9-10-17/h7,11-14,16-17,23H,5-6,8-10,15H2,1-4H3/b13-7+. The highest BCUT2D eigenvalue weighted by atomic mass is 32.2. The van der Waals surface area contributed by atoms with Crippen LogP contribution in [-0.2, 0) is 10.0 Å². The van der Waals surface area contributed by atoms with Crippen LogP contribution in [0.2, 0.25) is 0 Å². The smallest absolute Gasteiger partial charge is 0.241 e. The van der Waals surface area contributed by atoms with E-state index in [9.17, 15) is 12.8 Å². The van der Waals surface area contributed by atoms with Crippen molar-refractivity contribution in [3.8, 4) is 5.75 Å². The second kappa shape index (κ2) is 9.20. The van der Waals surface area contributed by atoms with Crippen molar-refractivity contribution in [1.29, 1.82) is 0 Å². The van der Waals surface area contributed by atoms with Crippen LogP contribution in [0.1, 0.15) is 59.8 Å². The summed E-state index contributed by atoms with van der Waals surface area (Å²) in [5.41, 5.74) is -0.736. The zero-order chi connectivity index (χ0) is 20.1. The molecular formula is C21H32FNO3S. The van der Waals surface area contributed by atoms with Crippen LogP contribution in [0.15, 0.2) is 35.2 Å². The second-order valence-electron chi connectivity index (χ2n) is 8.40. The van der Waals surface area contributed by atoms with E-state index in [1.54, 1.807) is 13.8 Å². The normalized spacial score (nSPS) is 15.6. The third-order valence-corrected chi connectivity index (χ3v) is 6.14. The van der Waals surface area contributed by atoms with Gasteiger partial charge in [0.2, 0.25) is 10.0 Å². The summed E-state index contributed by atoms with van der Waals surface area (Å²) in [6.07, 6.45) is 9.20. The summed E-state index contributed by atoms with van der Waals surface area (Å²) in [5, 5.41) is 0. The molecule has 6 heteroatoms. The molecule has 1 aromatic rings. The SMILES string of the molecule is CC(C)CCC/C=C/C(C)(C)NS(=O)(=O)c1ccc(F)c(OCC2CC2)c1. The summed E-state index contributed by atoms with van der Waals surface area (Å²) >= 11 is 0. The van der Waals surface area contributed by atoms with Crippen LogP contribution in [0, 0.1) is 17.7 Å². The summed E-state index contributed by atoms with van der Waals surface area (Å²) in [5.74, 6) is 0.577. The molecule has 0 bridgehead atoms. The Morgan fingerprint density at radius 3 is 2.67 bits per heavy atom. The lowest BCUT2D eigenvalue weighted by Gasteiger charge is -2.22. The number of unbranched alkanes of at least 4 members (excludes halogenated alkanes) is 1. The van der Waals surface area contributed by atoms with Crippen LogP contribution < -0.4 is 9.46 Å². The molecule has 0 unspecified atom stereocenters. The van der Waals surface area contributed by atoms with Gasteiger partial charge in [0.1, 0.15) is 0 Å². The molecule has 0 saturated heterocycles. The molecule has 4 nitrogen and oxygen atoms in total. The summed E-state index contributed by atoms with van der Waals surface area (Å²) in [4.78, 5) is 0.0102. The lowest BCUT2D eigenvalue weighted by molar-refractivity contribution is 0.284. The number of sulfonamides is 1. The van der Waals surface area contributed by atoms with Gasteiger partial charge in [-0.15, -0.1) is 0 Å². The van der Waals surface area contributed by atoms with Crippen LogP contribution in [0.5, 0.6) is 5.75 Å². The van der Waals surface area contributed by atoms with Gasteiger partial charge in [0.25, 0.3) is 0 Å². The Morgan fingerprint density at radius 2 is 2.04 bits per heavy atom. The minimum atomic E-state index is -3.78. The molecule has 0 radical (unpaired) electrons. The topological polar surface area (TPSA) is 55.4 Å². The molecule has 0 atom stereocenters. The Kier molecular flexibility index (Phi) is 7.46. The lowest BCUT2D eigenvalue weighted by Crippen LogP contribution is -2.41. The van der Waals surface area contributed by atoms with E-state index >= 15 is 0 Å². The summed E-state index contributed by atoms with van der Waals surface area (Å²) in [6, 6.07) is 3.68. The van der Waals surface area contributed by atoms with E-state index in [-0.39, 0.29) is 10.6 Å². The van der Waals surface area contributed by atoms with E-state index in [0.29, 0.717) is 18.4 Å². The van der Waals surface area contributed by atoms with Crippen LogP contribution in [0.3, 0.4) is 0 Å². The first kappa shape index (κ1) is 21.9. The molecule has 0 amide bonds. The largest absolute Gasteiger partial charge is 0.490 e. The van der Waals surface area contributed by atoms with Crippen molar-refractivity contribution >= 4 is 10.0 Å². The number of hydrogen-bond acceptors (Lipinski definition) is 3. The highest BCUT2D eigenvalue weighted by molar-refractivity contribution is 7.89. The third kappa shape index (κ3) is 7.62. The van der Waals surface area contributed by atoms with Gasteiger partial charge in [-0.05, 0) is 63.5 Å². The first-order chi connectivity index (χ1) is 12.6. The predicted octanol–water partition coefficient (Wildman–Crippen LogP) is 5.05. The van der Waals surface area contributed by atoms with Crippen molar-refractivity contribution < 1.29 is 17.5 Å². The molecule has 1 aromatic carbocycles. The fourth-order valence-corrected chi connectivity index (χ4v) is 4.10. The molecule has 152 valence electrons. The van der Waals surface area contributed by atoms with Crippen LogP contribution in [0.25, 0.3) is 0 Å². The van der Waals surface area contributed by atoms with Gasteiger partial charge in [0, 0.05) is 11.6 Å². The number of allylic oxidation sites excluding steroid dienone is 1. The molecule has 0 aliphatic heterocycles. The van der Waals surface area contributed by atoms with E-state index < -0.39 is 21.4 Å². The quantitative estimate of drug-likeness (QED) is 0.420. The van der Waals surface area contributed by atoms with Gasteiger partial charge >= 0.3 is 0 Å². The number of rotatable bonds is 11. The highest BCUT2D eigenvalue weighted by Gasteiger charge is 2.26. The van der Waals surface area contributed by atoms with E-state index in [0.717, 1.165) is 38.2 Å². The number of nitrogens with one attached hydrogen (secondary N) is 1. The maximum absolute atomic E-state index is 13.9. The molecule has 2 rings (SSSR count). The first-order valence-electron chi connectivity index (χ1n) is 9.73. The monoisotopic (exact) mass is 397 g/mol. The Hall–Kier alpha value is -1.40. The molecule has 1 aliphatic rings. The number of halogens is 1.